The Bertz CT molecular complexity index is 1190. The molecule has 35 heavy (non-hydrogen) atoms. The fraction of sp³-hybridized carbons (Fsp3) is 0.259. The molecule has 4 rings (SSSR count). The van der Waals surface area contributed by atoms with Crippen LogP contribution in [0.15, 0.2) is 78.1 Å². The van der Waals surface area contributed by atoms with E-state index in [1.165, 1.54) is 21.3 Å². The number of benzene rings is 2. The predicted octanol–water partition coefficient (Wildman–Crippen LogP) is 4.07. The Labute approximate surface area is 204 Å². The number of carbonyl (C=O) groups excluding carboxylic acids is 2. The minimum absolute atomic E-state index is 0.227. The molecule has 8 heteroatoms. The monoisotopic (exact) mass is 477 g/mol. The van der Waals surface area contributed by atoms with E-state index in [1.807, 2.05) is 12.1 Å². The molecule has 0 radical (unpaired) electrons. The third-order valence-electron chi connectivity index (χ3n) is 6.02. The van der Waals surface area contributed by atoms with E-state index in [0.717, 1.165) is 5.57 Å². The van der Waals surface area contributed by atoms with E-state index >= 15 is 0 Å². The summed E-state index contributed by atoms with van der Waals surface area (Å²) in [4.78, 5) is 27.2. The Morgan fingerprint density at radius 3 is 2.23 bits per heavy atom. The van der Waals surface area contributed by atoms with Gasteiger partial charge in [0, 0.05) is 24.8 Å². The fourth-order valence-corrected chi connectivity index (χ4v) is 4.22. The third kappa shape index (κ3) is 4.40. The summed E-state index contributed by atoms with van der Waals surface area (Å²) in [6, 6.07) is 11.7. The van der Waals surface area contributed by atoms with Crippen molar-refractivity contribution in [3.8, 4) is 17.2 Å². The highest BCUT2D eigenvalue weighted by Crippen LogP contribution is 2.45. The normalized spacial score (nSPS) is 19.4. The van der Waals surface area contributed by atoms with Crippen molar-refractivity contribution >= 4 is 17.6 Å². The van der Waals surface area contributed by atoms with Crippen LogP contribution < -0.4 is 19.1 Å². The number of anilines is 1. The number of hydrogen-bond acceptors (Lipinski definition) is 7. The minimum atomic E-state index is -0.481. The molecular formula is C27H27NO7. The van der Waals surface area contributed by atoms with E-state index in [-0.39, 0.29) is 5.91 Å². The lowest BCUT2D eigenvalue weighted by Gasteiger charge is -2.44. The Morgan fingerprint density at radius 1 is 1.00 bits per heavy atom. The van der Waals surface area contributed by atoms with Gasteiger partial charge in [-0.15, -0.1) is 0 Å². The number of methoxy groups -OCH3 is 4. The molecule has 0 bridgehead atoms. The minimum Gasteiger partial charge on any atom is -0.493 e. The number of β-lactam (4-membered cyclic amide) rings is 1. The first-order chi connectivity index (χ1) is 16.9. The van der Waals surface area contributed by atoms with Gasteiger partial charge >= 0.3 is 5.97 Å². The van der Waals surface area contributed by atoms with Crippen molar-refractivity contribution in [2.75, 3.05) is 33.3 Å². The molecule has 2 aliphatic rings. The SMILES string of the molecule is C=C1C(=O)N(c2cc(OC)c(OC)c(OC)c2)[C@H]1C1=CCC(OC)C(OC(=O)c2ccccc2)=C1. The molecule has 1 saturated heterocycles. The molecule has 1 aliphatic heterocycles. The summed E-state index contributed by atoms with van der Waals surface area (Å²) in [5.41, 5.74) is 2.19. The van der Waals surface area contributed by atoms with Crippen LogP contribution in [0.25, 0.3) is 0 Å². The molecule has 0 N–H and O–H groups in total. The van der Waals surface area contributed by atoms with E-state index in [1.54, 1.807) is 54.5 Å². The highest BCUT2D eigenvalue weighted by Gasteiger charge is 2.45. The summed E-state index contributed by atoms with van der Waals surface area (Å²) in [5, 5.41) is 0. The molecule has 0 aromatic heterocycles. The topological polar surface area (TPSA) is 83.5 Å². The lowest BCUT2D eigenvalue weighted by Crippen LogP contribution is -2.56. The van der Waals surface area contributed by atoms with E-state index in [0.29, 0.717) is 46.3 Å². The maximum absolute atomic E-state index is 12.9. The van der Waals surface area contributed by atoms with Gasteiger partial charge in [-0.2, -0.15) is 0 Å². The van der Waals surface area contributed by atoms with Crippen molar-refractivity contribution in [3.05, 3.63) is 83.7 Å². The quantitative estimate of drug-likeness (QED) is 0.322. The van der Waals surface area contributed by atoms with Gasteiger partial charge in [0.1, 0.15) is 11.9 Å². The molecule has 2 aromatic rings. The van der Waals surface area contributed by atoms with E-state index in [9.17, 15) is 9.59 Å². The van der Waals surface area contributed by atoms with Crippen LogP contribution in [-0.2, 0) is 14.3 Å². The summed E-state index contributed by atoms with van der Waals surface area (Å²) in [5.74, 6) is 0.945. The first-order valence-electron chi connectivity index (χ1n) is 11.0. The van der Waals surface area contributed by atoms with Gasteiger partial charge in [0.15, 0.2) is 11.5 Å². The van der Waals surface area contributed by atoms with Gasteiger partial charge in [0.05, 0.1) is 38.6 Å². The molecule has 1 fully saturated rings. The fourth-order valence-electron chi connectivity index (χ4n) is 4.22. The molecule has 182 valence electrons. The molecule has 0 spiro atoms. The van der Waals surface area contributed by atoms with Crippen LogP contribution in [-0.4, -0.2) is 52.5 Å². The number of carbonyl (C=O) groups is 2. The molecule has 2 aromatic carbocycles. The Balaban J connectivity index is 1.66. The van der Waals surface area contributed by atoms with E-state index < -0.39 is 18.1 Å². The molecule has 2 atom stereocenters. The number of ether oxygens (including phenoxy) is 5. The molecule has 1 amide bonds. The Morgan fingerprint density at radius 2 is 1.66 bits per heavy atom. The molecule has 1 unspecified atom stereocenters. The van der Waals surface area contributed by atoms with Gasteiger partial charge in [-0.3, -0.25) is 9.69 Å². The molecular weight excluding hydrogens is 450 g/mol. The number of hydrogen-bond donors (Lipinski definition) is 0. The standard InChI is InChI=1S/C27H27NO7/c1-16-24(28(26(16)29)19-14-22(32-3)25(34-5)23(15-19)33-4)18-11-12-20(31-2)21(13-18)35-27(30)17-9-7-6-8-10-17/h6-11,13-15,20,24H,1,12H2,2-5H3/t20?,24-/m1/s1. The van der Waals surface area contributed by atoms with Gasteiger partial charge in [-0.05, 0) is 30.2 Å². The number of rotatable bonds is 8. The average molecular weight is 478 g/mol. The van der Waals surface area contributed by atoms with Crippen LogP contribution in [0.4, 0.5) is 5.69 Å². The molecule has 0 saturated carbocycles. The average Bonchev–Trinajstić information content (AvgIpc) is 2.90. The highest BCUT2D eigenvalue weighted by molar-refractivity contribution is 6.16. The summed E-state index contributed by atoms with van der Waals surface area (Å²) < 4.78 is 27.5. The van der Waals surface area contributed by atoms with Gasteiger partial charge in [-0.25, -0.2) is 4.79 Å². The van der Waals surface area contributed by atoms with Crippen molar-refractivity contribution in [1.29, 1.82) is 0 Å². The van der Waals surface area contributed by atoms with Crippen molar-refractivity contribution in [2.24, 2.45) is 0 Å². The van der Waals surface area contributed by atoms with Crippen LogP contribution >= 0.6 is 0 Å². The van der Waals surface area contributed by atoms with Crippen LogP contribution in [0.5, 0.6) is 17.2 Å². The first-order valence-corrected chi connectivity index (χ1v) is 11.0. The van der Waals surface area contributed by atoms with Gasteiger partial charge < -0.3 is 23.7 Å². The smallest absolute Gasteiger partial charge is 0.343 e. The third-order valence-corrected chi connectivity index (χ3v) is 6.02. The maximum atomic E-state index is 12.9. The zero-order chi connectivity index (χ0) is 25.1. The summed E-state index contributed by atoms with van der Waals surface area (Å²) in [7, 11) is 6.10. The molecule has 1 heterocycles. The van der Waals surface area contributed by atoms with Crippen LogP contribution in [0.3, 0.4) is 0 Å². The number of amides is 1. The second-order valence-electron chi connectivity index (χ2n) is 7.95. The maximum Gasteiger partial charge on any atom is 0.343 e. The van der Waals surface area contributed by atoms with Crippen LogP contribution in [0.1, 0.15) is 16.8 Å². The van der Waals surface area contributed by atoms with Crippen molar-refractivity contribution in [3.63, 3.8) is 0 Å². The first kappa shape index (κ1) is 24.1. The van der Waals surface area contributed by atoms with Crippen molar-refractivity contribution in [1.82, 2.24) is 0 Å². The largest absolute Gasteiger partial charge is 0.493 e. The second kappa shape index (κ2) is 10.1. The molecule has 8 nitrogen and oxygen atoms in total. The van der Waals surface area contributed by atoms with E-state index in [2.05, 4.69) is 6.58 Å². The zero-order valence-electron chi connectivity index (χ0n) is 20.1. The van der Waals surface area contributed by atoms with Gasteiger partial charge in [0.2, 0.25) is 5.75 Å². The van der Waals surface area contributed by atoms with Gasteiger partial charge in [-0.1, -0.05) is 30.9 Å². The predicted molar refractivity (Wildman–Crippen MR) is 130 cm³/mol. The second-order valence-corrected chi connectivity index (χ2v) is 7.95. The summed E-state index contributed by atoms with van der Waals surface area (Å²) in [6.07, 6.45) is 3.75. The molecule has 1 aliphatic carbocycles. The summed E-state index contributed by atoms with van der Waals surface area (Å²) >= 11 is 0. The number of nitrogens with zero attached hydrogens (tertiary/aromatic N) is 1. The van der Waals surface area contributed by atoms with Crippen LogP contribution in [0, 0.1) is 0 Å². The Hall–Kier alpha value is -4.04. The van der Waals surface area contributed by atoms with E-state index in [4.69, 9.17) is 23.7 Å². The highest BCUT2D eigenvalue weighted by atomic mass is 16.6. The zero-order valence-corrected chi connectivity index (χ0v) is 20.1. The lowest BCUT2D eigenvalue weighted by molar-refractivity contribution is -0.118. The van der Waals surface area contributed by atoms with Gasteiger partial charge in [0.25, 0.3) is 5.91 Å². The van der Waals surface area contributed by atoms with Crippen LogP contribution in [0.2, 0.25) is 0 Å². The van der Waals surface area contributed by atoms with Crippen molar-refractivity contribution < 1.29 is 33.3 Å². The lowest BCUT2D eigenvalue weighted by atomic mass is 9.85. The number of esters is 1. The Kier molecular flexibility index (Phi) is 6.93. The summed E-state index contributed by atoms with van der Waals surface area (Å²) in [6.45, 7) is 3.98. The van der Waals surface area contributed by atoms with Crippen molar-refractivity contribution in [2.45, 2.75) is 18.6 Å².